The molecule has 1 aromatic heterocycles. The van der Waals surface area contributed by atoms with Crippen molar-refractivity contribution in [2.45, 2.75) is 39.7 Å². The summed E-state index contributed by atoms with van der Waals surface area (Å²) in [6.07, 6.45) is 1.12. The lowest BCUT2D eigenvalue weighted by Crippen LogP contribution is -2.27. The van der Waals surface area contributed by atoms with Crippen LogP contribution in [0.25, 0.3) is 0 Å². The minimum atomic E-state index is -0.761. The van der Waals surface area contributed by atoms with Crippen molar-refractivity contribution in [3.8, 4) is 5.75 Å². The van der Waals surface area contributed by atoms with Crippen molar-refractivity contribution in [2.24, 2.45) is 5.92 Å². The molecule has 1 unspecified atom stereocenters. The monoisotopic (exact) mass is 478 g/mol. The van der Waals surface area contributed by atoms with E-state index in [1.165, 1.54) is 0 Å². The lowest BCUT2D eigenvalue weighted by atomic mass is 9.97. The molecule has 9 heteroatoms. The summed E-state index contributed by atoms with van der Waals surface area (Å²) in [5, 5.41) is 15.7. The van der Waals surface area contributed by atoms with Crippen LogP contribution in [0, 0.1) is 5.92 Å². The molecule has 0 saturated heterocycles. The standard InChI is InChI=1S/C26H34N6O3/c1-5-20(23(33)34)17-19-11-13-22(14-12-19)35-16-15-32(4)26-30-24(27-18(2)3)29-25(31-26)28-21-9-7-6-8-10-21/h6-14,18,20H,5,15-17H2,1-4H3,(H,33,34)(H2,27,28,29,30,31). The molecule has 0 amide bonds. The van der Waals surface area contributed by atoms with E-state index in [-0.39, 0.29) is 12.0 Å². The number of para-hydroxylation sites is 1. The summed E-state index contributed by atoms with van der Waals surface area (Å²) in [5.41, 5.74) is 1.88. The predicted octanol–water partition coefficient (Wildman–Crippen LogP) is 4.60. The van der Waals surface area contributed by atoms with Gasteiger partial charge < -0.3 is 25.4 Å². The van der Waals surface area contributed by atoms with Crippen LogP contribution in [0.2, 0.25) is 0 Å². The molecule has 0 spiro atoms. The number of aliphatic carboxylic acids is 1. The molecule has 2 aromatic carbocycles. The second-order valence-electron chi connectivity index (χ2n) is 8.63. The summed E-state index contributed by atoms with van der Waals surface area (Å²) < 4.78 is 5.89. The Labute approximate surface area is 206 Å². The maximum absolute atomic E-state index is 11.3. The summed E-state index contributed by atoms with van der Waals surface area (Å²) in [6.45, 7) is 6.94. The number of anilines is 4. The van der Waals surface area contributed by atoms with Gasteiger partial charge in [-0.2, -0.15) is 15.0 Å². The second-order valence-corrected chi connectivity index (χ2v) is 8.63. The summed E-state index contributed by atoms with van der Waals surface area (Å²) in [6, 6.07) is 17.5. The van der Waals surface area contributed by atoms with Gasteiger partial charge in [-0.05, 0) is 56.5 Å². The normalized spacial score (nSPS) is 11.7. The van der Waals surface area contributed by atoms with Crippen molar-refractivity contribution < 1.29 is 14.6 Å². The third kappa shape index (κ3) is 8.13. The third-order valence-corrected chi connectivity index (χ3v) is 5.36. The van der Waals surface area contributed by atoms with Gasteiger partial charge in [0.15, 0.2) is 0 Å². The number of rotatable bonds is 13. The van der Waals surface area contributed by atoms with Gasteiger partial charge in [-0.1, -0.05) is 37.3 Å². The molecule has 3 N–H and O–H groups in total. The van der Waals surface area contributed by atoms with Crippen molar-refractivity contribution in [2.75, 3.05) is 35.7 Å². The van der Waals surface area contributed by atoms with Crippen LogP contribution in [0.5, 0.6) is 5.75 Å². The first kappa shape index (κ1) is 25.7. The maximum atomic E-state index is 11.3. The van der Waals surface area contributed by atoms with Gasteiger partial charge in [0.1, 0.15) is 12.4 Å². The van der Waals surface area contributed by atoms with E-state index in [0.717, 1.165) is 17.0 Å². The van der Waals surface area contributed by atoms with E-state index in [1.54, 1.807) is 0 Å². The Morgan fingerprint density at radius 2 is 1.71 bits per heavy atom. The van der Waals surface area contributed by atoms with Crippen LogP contribution in [-0.2, 0) is 11.2 Å². The molecule has 0 radical (unpaired) electrons. The van der Waals surface area contributed by atoms with E-state index in [1.807, 2.05) is 87.3 Å². The van der Waals surface area contributed by atoms with E-state index in [4.69, 9.17) is 4.74 Å². The highest BCUT2D eigenvalue weighted by molar-refractivity contribution is 5.70. The van der Waals surface area contributed by atoms with Gasteiger partial charge in [0, 0.05) is 18.8 Å². The van der Waals surface area contributed by atoms with Crippen LogP contribution >= 0.6 is 0 Å². The molecule has 0 fully saturated rings. The fourth-order valence-corrected chi connectivity index (χ4v) is 3.38. The van der Waals surface area contributed by atoms with E-state index in [2.05, 4.69) is 25.6 Å². The number of nitrogens with one attached hydrogen (secondary N) is 2. The number of carboxylic acid groups (broad SMARTS) is 1. The topological polar surface area (TPSA) is 113 Å². The van der Waals surface area contributed by atoms with Crippen molar-refractivity contribution in [1.29, 1.82) is 0 Å². The quantitative estimate of drug-likeness (QED) is 0.324. The molecule has 9 nitrogen and oxygen atoms in total. The van der Waals surface area contributed by atoms with Crippen LogP contribution in [-0.4, -0.2) is 52.3 Å². The minimum Gasteiger partial charge on any atom is -0.492 e. The molecule has 3 aromatic rings. The summed E-state index contributed by atoms with van der Waals surface area (Å²) in [7, 11) is 1.91. The SMILES string of the molecule is CCC(Cc1ccc(OCCN(C)c2nc(Nc3ccccc3)nc(NC(C)C)n2)cc1)C(=O)O. The Morgan fingerprint density at radius 1 is 1.03 bits per heavy atom. The highest BCUT2D eigenvalue weighted by Gasteiger charge is 2.15. The largest absolute Gasteiger partial charge is 0.492 e. The molecule has 186 valence electrons. The Hall–Kier alpha value is -3.88. The summed E-state index contributed by atoms with van der Waals surface area (Å²) in [5.74, 6) is 1.09. The van der Waals surface area contributed by atoms with Crippen molar-refractivity contribution in [3.05, 3.63) is 60.2 Å². The minimum absolute atomic E-state index is 0.176. The number of benzene rings is 2. The fraction of sp³-hybridized carbons (Fsp3) is 0.385. The van der Waals surface area contributed by atoms with Crippen LogP contribution < -0.4 is 20.3 Å². The first-order valence-electron chi connectivity index (χ1n) is 11.8. The Morgan fingerprint density at radius 3 is 2.34 bits per heavy atom. The number of hydrogen-bond acceptors (Lipinski definition) is 8. The Balaban J connectivity index is 1.61. The first-order chi connectivity index (χ1) is 16.8. The second kappa shape index (κ2) is 12.5. The maximum Gasteiger partial charge on any atom is 0.306 e. The van der Waals surface area contributed by atoms with Gasteiger partial charge in [0.2, 0.25) is 17.8 Å². The zero-order chi connectivity index (χ0) is 25.2. The number of hydrogen-bond donors (Lipinski definition) is 3. The number of nitrogens with zero attached hydrogens (tertiary/aromatic N) is 4. The molecule has 0 bridgehead atoms. The van der Waals surface area contributed by atoms with Crippen molar-refractivity contribution >= 4 is 29.5 Å². The first-order valence-corrected chi connectivity index (χ1v) is 11.8. The Kier molecular flexibility index (Phi) is 9.23. The molecule has 0 aliphatic heterocycles. The summed E-state index contributed by atoms with van der Waals surface area (Å²) >= 11 is 0. The smallest absolute Gasteiger partial charge is 0.306 e. The molecule has 0 aliphatic carbocycles. The average Bonchev–Trinajstić information content (AvgIpc) is 2.83. The molecular weight excluding hydrogens is 444 g/mol. The number of aromatic nitrogens is 3. The molecule has 0 aliphatic rings. The molecule has 35 heavy (non-hydrogen) atoms. The van der Waals surface area contributed by atoms with E-state index < -0.39 is 5.97 Å². The fourth-order valence-electron chi connectivity index (χ4n) is 3.38. The van der Waals surface area contributed by atoms with Crippen LogP contribution in [0.4, 0.5) is 23.5 Å². The van der Waals surface area contributed by atoms with Crippen molar-refractivity contribution in [3.63, 3.8) is 0 Å². The van der Waals surface area contributed by atoms with Gasteiger partial charge in [-0.3, -0.25) is 4.79 Å². The highest BCUT2D eigenvalue weighted by atomic mass is 16.5. The van der Waals surface area contributed by atoms with Gasteiger partial charge >= 0.3 is 5.97 Å². The van der Waals surface area contributed by atoms with Gasteiger partial charge in [0.05, 0.1) is 12.5 Å². The zero-order valence-electron chi connectivity index (χ0n) is 20.7. The molecule has 3 rings (SSSR count). The molecule has 0 saturated carbocycles. The average molecular weight is 479 g/mol. The number of carbonyl (C=O) groups is 1. The lowest BCUT2D eigenvalue weighted by Gasteiger charge is -2.19. The number of carboxylic acids is 1. The molecular formula is C26H34N6O3. The van der Waals surface area contributed by atoms with E-state index in [0.29, 0.717) is 43.8 Å². The zero-order valence-corrected chi connectivity index (χ0v) is 20.7. The third-order valence-electron chi connectivity index (χ3n) is 5.36. The van der Waals surface area contributed by atoms with Crippen LogP contribution in [0.1, 0.15) is 32.8 Å². The lowest BCUT2D eigenvalue weighted by molar-refractivity contribution is -0.141. The van der Waals surface area contributed by atoms with Crippen LogP contribution in [0.15, 0.2) is 54.6 Å². The van der Waals surface area contributed by atoms with Gasteiger partial charge in [-0.15, -0.1) is 0 Å². The predicted molar refractivity (Wildman–Crippen MR) is 139 cm³/mol. The highest BCUT2D eigenvalue weighted by Crippen LogP contribution is 2.19. The molecule has 1 heterocycles. The number of likely N-dealkylation sites (N-methyl/N-ethyl adjacent to an activating group) is 1. The van der Waals surface area contributed by atoms with E-state index >= 15 is 0 Å². The summed E-state index contributed by atoms with van der Waals surface area (Å²) in [4.78, 5) is 26.8. The van der Waals surface area contributed by atoms with Crippen LogP contribution in [0.3, 0.4) is 0 Å². The van der Waals surface area contributed by atoms with Gasteiger partial charge in [0.25, 0.3) is 0 Å². The molecule has 1 atom stereocenters. The van der Waals surface area contributed by atoms with Gasteiger partial charge in [-0.25, -0.2) is 0 Å². The van der Waals surface area contributed by atoms with Crippen molar-refractivity contribution in [1.82, 2.24) is 15.0 Å². The van der Waals surface area contributed by atoms with E-state index in [9.17, 15) is 9.90 Å². The Bertz CT molecular complexity index is 1080. The number of ether oxygens (including phenoxy) is 1.